The number of aliphatic carboxylic acids is 1. The first kappa shape index (κ1) is 13.1. The SMILES string of the molecule is NS(=O)(=O)Nc1ccc(/C=C/C(=O)O)cc1F. The molecule has 0 aliphatic carbocycles. The fourth-order valence-corrected chi connectivity index (χ4v) is 1.51. The van der Waals surface area contributed by atoms with E-state index in [9.17, 15) is 17.6 Å². The molecule has 0 amide bonds. The molecule has 0 heterocycles. The Balaban J connectivity index is 2.98. The molecule has 1 aromatic rings. The van der Waals surface area contributed by atoms with Gasteiger partial charge >= 0.3 is 5.97 Å². The number of nitrogens with two attached hydrogens (primary N) is 1. The van der Waals surface area contributed by atoms with Crippen molar-refractivity contribution in [2.24, 2.45) is 5.14 Å². The highest BCUT2D eigenvalue weighted by Crippen LogP contribution is 2.17. The quantitative estimate of drug-likeness (QED) is 0.686. The zero-order chi connectivity index (χ0) is 13.1. The molecule has 1 rings (SSSR count). The van der Waals surface area contributed by atoms with Gasteiger partial charge in [-0.25, -0.2) is 14.3 Å². The summed E-state index contributed by atoms with van der Waals surface area (Å²) < 4.78 is 36.4. The number of carboxylic acids is 1. The normalized spacial score (nSPS) is 11.6. The van der Waals surface area contributed by atoms with Gasteiger partial charge in [-0.1, -0.05) is 6.07 Å². The highest BCUT2D eigenvalue weighted by atomic mass is 32.2. The summed E-state index contributed by atoms with van der Waals surface area (Å²) >= 11 is 0. The van der Waals surface area contributed by atoms with Gasteiger partial charge < -0.3 is 5.11 Å². The topological polar surface area (TPSA) is 109 Å². The summed E-state index contributed by atoms with van der Waals surface area (Å²) in [5, 5.41) is 13.0. The largest absolute Gasteiger partial charge is 0.478 e. The molecule has 92 valence electrons. The lowest BCUT2D eigenvalue weighted by Gasteiger charge is -2.05. The number of benzene rings is 1. The lowest BCUT2D eigenvalue weighted by Crippen LogP contribution is -2.22. The maximum atomic E-state index is 13.3. The minimum Gasteiger partial charge on any atom is -0.478 e. The summed E-state index contributed by atoms with van der Waals surface area (Å²) in [5.41, 5.74) is -0.0233. The van der Waals surface area contributed by atoms with E-state index in [0.717, 1.165) is 18.2 Å². The van der Waals surface area contributed by atoms with Crippen LogP contribution in [0.5, 0.6) is 0 Å². The van der Waals surface area contributed by atoms with E-state index in [-0.39, 0.29) is 11.3 Å². The van der Waals surface area contributed by atoms with Crippen molar-refractivity contribution < 1.29 is 22.7 Å². The highest BCUT2D eigenvalue weighted by molar-refractivity contribution is 7.90. The highest BCUT2D eigenvalue weighted by Gasteiger charge is 2.07. The Morgan fingerprint density at radius 2 is 2.12 bits per heavy atom. The molecule has 0 aliphatic rings. The van der Waals surface area contributed by atoms with Gasteiger partial charge in [0.05, 0.1) is 5.69 Å². The van der Waals surface area contributed by atoms with Crippen molar-refractivity contribution >= 4 is 27.9 Å². The summed E-state index contributed by atoms with van der Waals surface area (Å²) in [5.74, 6) is -2.02. The van der Waals surface area contributed by atoms with Gasteiger partial charge in [0.1, 0.15) is 5.82 Å². The lowest BCUT2D eigenvalue weighted by atomic mass is 10.2. The molecule has 0 atom stereocenters. The second-order valence-corrected chi connectivity index (χ2v) is 4.35. The molecule has 0 aromatic heterocycles. The first-order valence-corrected chi connectivity index (χ1v) is 5.83. The molecule has 0 fully saturated rings. The molecule has 6 nitrogen and oxygen atoms in total. The lowest BCUT2D eigenvalue weighted by molar-refractivity contribution is -0.131. The molecule has 0 saturated heterocycles. The van der Waals surface area contributed by atoms with Crippen LogP contribution in [-0.4, -0.2) is 19.5 Å². The van der Waals surface area contributed by atoms with Gasteiger partial charge in [0.25, 0.3) is 10.2 Å². The van der Waals surface area contributed by atoms with Crippen LogP contribution in [0.3, 0.4) is 0 Å². The first-order valence-electron chi connectivity index (χ1n) is 4.29. The third-order valence-corrected chi connectivity index (χ3v) is 2.17. The van der Waals surface area contributed by atoms with Crippen LogP contribution in [0.1, 0.15) is 5.56 Å². The Bertz CT molecular complexity index is 568. The minimum atomic E-state index is -4.04. The zero-order valence-corrected chi connectivity index (χ0v) is 9.24. The summed E-state index contributed by atoms with van der Waals surface area (Å²) in [6, 6.07) is 3.46. The first-order chi connectivity index (χ1) is 7.78. The van der Waals surface area contributed by atoms with Crippen molar-refractivity contribution in [2.75, 3.05) is 4.72 Å². The number of hydrogen-bond acceptors (Lipinski definition) is 3. The van der Waals surface area contributed by atoms with Crippen molar-refractivity contribution in [3.63, 3.8) is 0 Å². The molecular formula is C9H9FN2O4S. The van der Waals surface area contributed by atoms with E-state index in [1.807, 2.05) is 0 Å². The van der Waals surface area contributed by atoms with Crippen molar-refractivity contribution in [3.05, 3.63) is 35.7 Å². The van der Waals surface area contributed by atoms with E-state index >= 15 is 0 Å². The standard InChI is InChI=1S/C9H9FN2O4S/c10-7-5-6(2-4-9(13)14)1-3-8(7)12-17(11,15)16/h1-5,12H,(H,13,14)(H2,11,15,16)/b4-2+. The Kier molecular flexibility index (Phi) is 3.81. The molecule has 8 heteroatoms. The number of rotatable bonds is 4. The predicted molar refractivity (Wildman–Crippen MR) is 59.8 cm³/mol. The monoisotopic (exact) mass is 260 g/mol. The van der Waals surface area contributed by atoms with E-state index in [4.69, 9.17) is 5.11 Å². The third kappa shape index (κ3) is 4.62. The average molecular weight is 260 g/mol. The van der Waals surface area contributed by atoms with Crippen LogP contribution >= 0.6 is 0 Å². The van der Waals surface area contributed by atoms with Gasteiger partial charge in [-0.05, 0) is 23.8 Å². The number of nitrogens with one attached hydrogen (secondary N) is 1. The Hall–Kier alpha value is -1.93. The summed E-state index contributed by atoms with van der Waals surface area (Å²) in [7, 11) is -4.04. The Labute approximate surface area is 96.7 Å². The van der Waals surface area contributed by atoms with Crippen LogP contribution in [0.15, 0.2) is 24.3 Å². The smallest absolute Gasteiger partial charge is 0.328 e. The number of hydrogen-bond donors (Lipinski definition) is 3. The average Bonchev–Trinajstić information content (AvgIpc) is 2.17. The van der Waals surface area contributed by atoms with Gasteiger partial charge in [-0.15, -0.1) is 0 Å². The van der Waals surface area contributed by atoms with Gasteiger partial charge in [0.15, 0.2) is 0 Å². The maximum absolute atomic E-state index is 13.3. The molecule has 0 aliphatic heterocycles. The number of carboxylic acid groups (broad SMARTS) is 1. The summed E-state index contributed by atoms with van der Waals surface area (Å²) in [6.07, 6.45) is 2.01. The zero-order valence-electron chi connectivity index (χ0n) is 8.42. The van der Waals surface area contributed by atoms with Crippen molar-refractivity contribution in [3.8, 4) is 0 Å². The molecule has 0 bridgehead atoms. The minimum absolute atomic E-state index is 0.282. The molecule has 0 spiro atoms. The van der Waals surface area contributed by atoms with Gasteiger partial charge in [-0.2, -0.15) is 8.42 Å². The van der Waals surface area contributed by atoms with Crippen molar-refractivity contribution in [1.29, 1.82) is 0 Å². The van der Waals surface area contributed by atoms with Gasteiger partial charge in [0.2, 0.25) is 0 Å². The molecule has 1 aromatic carbocycles. The Morgan fingerprint density at radius 3 is 2.59 bits per heavy atom. The van der Waals surface area contributed by atoms with Crippen LogP contribution in [0.2, 0.25) is 0 Å². The molecule has 4 N–H and O–H groups in total. The van der Waals surface area contributed by atoms with E-state index in [1.165, 1.54) is 12.1 Å². The molecule has 0 radical (unpaired) electrons. The van der Waals surface area contributed by atoms with E-state index in [0.29, 0.717) is 0 Å². The summed E-state index contributed by atoms with van der Waals surface area (Å²) in [6.45, 7) is 0. The van der Waals surface area contributed by atoms with Gasteiger partial charge in [-0.3, -0.25) is 4.72 Å². The predicted octanol–water partition coefficient (Wildman–Crippen LogP) is 0.539. The third-order valence-electron chi connectivity index (χ3n) is 1.66. The van der Waals surface area contributed by atoms with Crippen LogP contribution in [0.4, 0.5) is 10.1 Å². The maximum Gasteiger partial charge on any atom is 0.328 e. The van der Waals surface area contributed by atoms with Crippen LogP contribution in [0.25, 0.3) is 6.08 Å². The number of anilines is 1. The molecular weight excluding hydrogens is 251 g/mol. The number of carbonyl (C=O) groups is 1. The van der Waals surface area contributed by atoms with E-state index in [1.54, 1.807) is 4.72 Å². The Morgan fingerprint density at radius 1 is 1.47 bits per heavy atom. The number of halogens is 1. The van der Waals surface area contributed by atoms with Crippen molar-refractivity contribution in [2.45, 2.75) is 0 Å². The second kappa shape index (κ2) is 4.93. The fraction of sp³-hybridized carbons (Fsp3) is 0. The fourth-order valence-electron chi connectivity index (χ4n) is 1.04. The van der Waals surface area contributed by atoms with Crippen LogP contribution in [-0.2, 0) is 15.0 Å². The van der Waals surface area contributed by atoms with Crippen molar-refractivity contribution in [1.82, 2.24) is 0 Å². The van der Waals surface area contributed by atoms with Crippen LogP contribution in [0, 0.1) is 5.82 Å². The molecule has 17 heavy (non-hydrogen) atoms. The molecule has 0 saturated carbocycles. The summed E-state index contributed by atoms with van der Waals surface area (Å²) in [4.78, 5) is 10.2. The second-order valence-electron chi connectivity index (χ2n) is 3.06. The van der Waals surface area contributed by atoms with Gasteiger partial charge in [0, 0.05) is 6.08 Å². The van der Waals surface area contributed by atoms with Crippen LogP contribution < -0.4 is 9.86 Å². The van der Waals surface area contributed by atoms with E-state index < -0.39 is 22.0 Å². The van der Waals surface area contributed by atoms with E-state index in [2.05, 4.69) is 5.14 Å². The molecule has 0 unspecified atom stereocenters.